The molecule has 0 amide bonds. The zero-order valence-corrected chi connectivity index (χ0v) is 13.4. The predicted octanol–water partition coefficient (Wildman–Crippen LogP) is 4.24. The van der Waals surface area contributed by atoms with Gasteiger partial charge in [0.05, 0.1) is 10.7 Å². The molecular weight excluding hydrogens is 252 g/mol. The second-order valence-corrected chi connectivity index (χ2v) is 7.93. The van der Waals surface area contributed by atoms with E-state index in [4.69, 9.17) is 0 Å². The van der Waals surface area contributed by atoms with Crippen LogP contribution in [0.1, 0.15) is 61.2 Å². The summed E-state index contributed by atoms with van der Waals surface area (Å²) in [5, 5.41) is 5.04. The SMILES string of the molecule is Cc1nc(C)c(C(C)NC(C)C2CC3CCC2C3)s1. The smallest absolute Gasteiger partial charge is 0.0900 e. The fraction of sp³-hybridized carbons (Fsp3) is 0.812. The Balaban J connectivity index is 1.63. The standard InChI is InChI=1S/C16H26N2S/c1-9(15-8-13-5-6-14(15)7-13)17-10(2)16-11(3)18-12(4)19-16/h9-10,13-15,17H,5-8H2,1-4H3. The molecule has 3 rings (SSSR count). The Hall–Kier alpha value is -0.410. The Morgan fingerprint density at radius 3 is 2.53 bits per heavy atom. The molecule has 5 atom stereocenters. The van der Waals surface area contributed by atoms with Gasteiger partial charge in [-0.05, 0) is 64.7 Å². The molecule has 1 N–H and O–H groups in total. The molecule has 0 radical (unpaired) electrons. The molecule has 3 heteroatoms. The maximum absolute atomic E-state index is 4.55. The summed E-state index contributed by atoms with van der Waals surface area (Å²) in [6.45, 7) is 8.93. The average molecular weight is 278 g/mol. The number of aromatic nitrogens is 1. The third kappa shape index (κ3) is 2.59. The van der Waals surface area contributed by atoms with Crippen molar-refractivity contribution in [2.24, 2.45) is 17.8 Å². The maximum atomic E-state index is 4.55. The predicted molar refractivity (Wildman–Crippen MR) is 81.5 cm³/mol. The van der Waals surface area contributed by atoms with E-state index >= 15 is 0 Å². The van der Waals surface area contributed by atoms with Crippen molar-refractivity contribution in [3.63, 3.8) is 0 Å². The average Bonchev–Trinajstić information content (AvgIpc) is 3.03. The minimum atomic E-state index is 0.445. The zero-order chi connectivity index (χ0) is 13.6. The van der Waals surface area contributed by atoms with Crippen LogP contribution < -0.4 is 5.32 Å². The Morgan fingerprint density at radius 1 is 1.21 bits per heavy atom. The lowest BCUT2D eigenvalue weighted by atomic mass is 9.83. The van der Waals surface area contributed by atoms with Gasteiger partial charge in [-0.2, -0.15) is 0 Å². The van der Waals surface area contributed by atoms with Gasteiger partial charge in [-0.3, -0.25) is 0 Å². The summed E-state index contributed by atoms with van der Waals surface area (Å²) in [6, 6.07) is 1.09. The summed E-state index contributed by atoms with van der Waals surface area (Å²) >= 11 is 1.85. The highest BCUT2D eigenvalue weighted by Crippen LogP contribution is 2.49. The third-order valence-corrected chi connectivity index (χ3v) is 6.54. The monoisotopic (exact) mass is 278 g/mol. The Kier molecular flexibility index (Phi) is 3.69. The van der Waals surface area contributed by atoms with Gasteiger partial charge >= 0.3 is 0 Å². The lowest BCUT2D eigenvalue weighted by molar-refractivity contribution is 0.249. The van der Waals surface area contributed by atoms with Crippen LogP contribution in [0.25, 0.3) is 0 Å². The van der Waals surface area contributed by atoms with Crippen molar-refractivity contribution < 1.29 is 0 Å². The molecule has 19 heavy (non-hydrogen) atoms. The molecule has 0 aromatic carbocycles. The summed E-state index contributed by atoms with van der Waals surface area (Å²) in [5.41, 5.74) is 1.21. The Labute approximate surface area is 121 Å². The molecule has 2 nitrogen and oxygen atoms in total. The highest BCUT2D eigenvalue weighted by atomic mass is 32.1. The summed E-state index contributed by atoms with van der Waals surface area (Å²) in [7, 11) is 0. The minimum absolute atomic E-state index is 0.445. The molecule has 5 unspecified atom stereocenters. The lowest BCUT2D eigenvalue weighted by Crippen LogP contribution is -2.37. The highest BCUT2D eigenvalue weighted by Gasteiger charge is 2.41. The fourth-order valence-electron chi connectivity index (χ4n) is 4.45. The van der Waals surface area contributed by atoms with Crippen molar-refractivity contribution in [3.05, 3.63) is 15.6 Å². The first-order chi connectivity index (χ1) is 9.04. The van der Waals surface area contributed by atoms with Gasteiger partial charge in [0.1, 0.15) is 0 Å². The van der Waals surface area contributed by atoms with E-state index < -0.39 is 0 Å². The molecule has 0 saturated heterocycles. The first-order valence-electron chi connectivity index (χ1n) is 7.74. The number of fused-ring (bicyclic) bond motifs is 2. The topological polar surface area (TPSA) is 24.9 Å². The summed E-state index contributed by atoms with van der Waals surface area (Å²) < 4.78 is 0. The molecule has 2 aliphatic rings. The van der Waals surface area contributed by atoms with Crippen molar-refractivity contribution in [2.75, 3.05) is 0 Å². The molecule has 2 saturated carbocycles. The van der Waals surface area contributed by atoms with E-state index in [0.29, 0.717) is 12.1 Å². The molecule has 106 valence electrons. The number of aryl methyl sites for hydroxylation is 2. The largest absolute Gasteiger partial charge is 0.307 e. The van der Waals surface area contributed by atoms with Crippen LogP contribution in [0.3, 0.4) is 0 Å². The lowest BCUT2D eigenvalue weighted by Gasteiger charge is -2.30. The van der Waals surface area contributed by atoms with Crippen LogP contribution in [0.15, 0.2) is 0 Å². The van der Waals surface area contributed by atoms with Crippen molar-refractivity contribution in [3.8, 4) is 0 Å². The van der Waals surface area contributed by atoms with Crippen molar-refractivity contribution in [1.29, 1.82) is 0 Å². The van der Waals surface area contributed by atoms with Gasteiger partial charge in [-0.15, -0.1) is 11.3 Å². The van der Waals surface area contributed by atoms with E-state index in [1.807, 2.05) is 11.3 Å². The first kappa shape index (κ1) is 13.6. The van der Waals surface area contributed by atoms with Crippen molar-refractivity contribution >= 4 is 11.3 Å². The quantitative estimate of drug-likeness (QED) is 0.891. The van der Waals surface area contributed by atoms with Gasteiger partial charge in [-0.25, -0.2) is 4.98 Å². The number of nitrogens with zero attached hydrogens (tertiary/aromatic N) is 1. The first-order valence-corrected chi connectivity index (χ1v) is 8.56. The number of nitrogens with one attached hydrogen (secondary N) is 1. The van der Waals surface area contributed by atoms with Crippen LogP contribution >= 0.6 is 11.3 Å². The van der Waals surface area contributed by atoms with Crippen LogP contribution in [0.4, 0.5) is 0 Å². The van der Waals surface area contributed by atoms with Crippen LogP contribution in [-0.4, -0.2) is 11.0 Å². The van der Waals surface area contributed by atoms with Crippen molar-refractivity contribution in [1.82, 2.24) is 10.3 Å². The van der Waals surface area contributed by atoms with E-state index in [1.165, 1.54) is 41.3 Å². The van der Waals surface area contributed by atoms with E-state index in [1.54, 1.807) is 0 Å². The molecule has 2 aliphatic carbocycles. The minimum Gasteiger partial charge on any atom is -0.307 e. The molecule has 1 heterocycles. The Morgan fingerprint density at radius 2 is 2.00 bits per heavy atom. The summed E-state index contributed by atoms with van der Waals surface area (Å²) in [6.07, 6.45) is 5.95. The van der Waals surface area contributed by atoms with E-state index in [-0.39, 0.29) is 0 Å². The second-order valence-electron chi connectivity index (χ2n) is 6.70. The van der Waals surface area contributed by atoms with Crippen LogP contribution in [0.2, 0.25) is 0 Å². The molecular formula is C16H26N2S. The number of thiazole rings is 1. The van der Waals surface area contributed by atoms with Gasteiger partial charge in [0.25, 0.3) is 0 Å². The summed E-state index contributed by atoms with van der Waals surface area (Å²) in [5.74, 6) is 2.96. The normalized spacial score (nSPS) is 32.7. The number of hydrogen-bond acceptors (Lipinski definition) is 3. The number of rotatable bonds is 4. The third-order valence-electron chi connectivity index (χ3n) is 5.28. The van der Waals surface area contributed by atoms with Crippen LogP contribution in [-0.2, 0) is 0 Å². The van der Waals surface area contributed by atoms with Crippen LogP contribution in [0, 0.1) is 31.6 Å². The second kappa shape index (κ2) is 5.17. The molecule has 1 aromatic heterocycles. The van der Waals surface area contributed by atoms with Gasteiger partial charge in [0, 0.05) is 17.0 Å². The highest BCUT2D eigenvalue weighted by molar-refractivity contribution is 7.11. The molecule has 0 spiro atoms. The van der Waals surface area contributed by atoms with Gasteiger partial charge in [0.2, 0.25) is 0 Å². The fourth-order valence-corrected chi connectivity index (χ4v) is 5.39. The van der Waals surface area contributed by atoms with Gasteiger partial charge in [0.15, 0.2) is 0 Å². The molecule has 1 aromatic rings. The zero-order valence-electron chi connectivity index (χ0n) is 12.6. The van der Waals surface area contributed by atoms with Crippen LogP contribution in [0.5, 0.6) is 0 Å². The Bertz CT molecular complexity index is 454. The number of hydrogen-bond donors (Lipinski definition) is 1. The molecule has 0 aliphatic heterocycles. The van der Waals surface area contributed by atoms with Gasteiger partial charge in [-0.1, -0.05) is 6.42 Å². The summed E-state index contributed by atoms with van der Waals surface area (Å²) in [4.78, 5) is 5.98. The van der Waals surface area contributed by atoms with E-state index in [2.05, 4.69) is 38.0 Å². The van der Waals surface area contributed by atoms with E-state index in [0.717, 1.165) is 17.8 Å². The van der Waals surface area contributed by atoms with Gasteiger partial charge < -0.3 is 5.32 Å². The molecule has 2 bridgehead atoms. The van der Waals surface area contributed by atoms with E-state index in [9.17, 15) is 0 Å². The van der Waals surface area contributed by atoms with Crippen molar-refractivity contribution in [2.45, 2.75) is 65.5 Å². The molecule has 2 fully saturated rings. The maximum Gasteiger partial charge on any atom is 0.0900 e.